The van der Waals surface area contributed by atoms with Gasteiger partial charge in [0.05, 0.1) is 27.6 Å². The number of nitrogens with one attached hydrogen (secondary N) is 1. The average Bonchev–Trinajstić information content (AvgIpc) is 2.77. The van der Waals surface area contributed by atoms with Crippen LogP contribution >= 0.6 is 43.2 Å². The molecule has 0 atom stereocenters. The second-order valence-corrected chi connectivity index (χ2v) is 7.22. The Bertz CT molecular complexity index is 595. The first-order valence-corrected chi connectivity index (χ1v) is 7.98. The van der Waals surface area contributed by atoms with Crippen molar-refractivity contribution in [3.63, 3.8) is 0 Å². The Morgan fingerprint density at radius 1 is 1.37 bits per heavy atom. The van der Waals surface area contributed by atoms with Crippen molar-refractivity contribution in [2.45, 2.75) is 13.0 Å². The second kappa shape index (κ2) is 5.45. The van der Waals surface area contributed by atoms with E-state index in [0.29, 0.717) is 24.9 Å². The number of rotatable bonds is 2. The van der Waals surface area contributed by atoms with Crippen LogP contribution in [0.1, 0.15) is 11.3 Å². The Balaban J connectivity index is 2.11. The van der Waals surface area contributed by atoms with Crippen molar-refractivity contribution >= 4 is 49.0 Å². The summed E-state index contributed by atoms with van der Waals surface area (Å²) in [5.41, 5.74) is 4.59. The fraction of sp³-hybridized carbons (Fsp3) is 0.273. The third kappa shape index (κ3) is 2.55. The molecule has 1 aliphatic heterocycles. The highest BCUT2D eigenvalue weighted by molar-refractivity contribution is 9.13. The Morgan fingerprint density at radius 2 is 2.21 bits per heavy atom. The lowest BCUT2D eigenvalue weighted by atomic mass is 10.1. The zero-order valence-corrected chi connectivity index (χ0v) is 13.7. The largest absolute Gasteiger partial charge is 0.376 e. The maximum Gasteiger partial charge on any atom is 0.172 e. The molecule has 0 fully saturated rings. The minimum atomic E-state index is 0.507. The van der Waals surface area contributed by atoms with E-state index in [9.17, 15) is 0 Å². The molecule has 3 rings (SSSR count). The number of ether oxygens (including phenoxy) is 1. The van der Waals surface area contributed by atoms with Gasteiger partial charge in [0.15, 0.2) is 5.82 Å². The third-order valence-electron chi connectivity index (χ3n) is 2.82. The first-order valence-electron chi connectivity index (χ1n) is 5.58. The van der Waals surface area contributed by atoms with Gasteiger partial charge in [0.2, 0.25) is 0 Å². The summed E-state index contributed by atoms with van der Waals surface area (Å²) in [6.45, 7) is 1.19. The van der Waals surface area contributed by atoms with Gasteiger partial charge in [-0.1, -0.05) is 0 Å². The summed E-state index contributed by atoms with van der Waals surface area (Å²) in [4.78, 5) is 10.1. The molecule has 0 amide bonds. The molecule has 3 N–H and O–H groups in total. The summed E-state index contributed by atoms with van der Waals surface area (Å²) in [6, 6.07) is 2.00. The number of hydrazine groups is 1. The lowest BCUT2D eigenvalue weighted by Crippen LogP contribution is -2.19. The van der Waals surface area contributed by atoms with Gasteiger partial charge in [-0.15, -0.1) is 11.3 Å². The Kier molecular flexibility index (Phi) is 3.86. The fourth-order valence-corrected chi connectivity index (χ4v) is 3.89. The van der Waals surface area contributed by atoms with E-state index in [1.807, 2.05) is 6.07 Å². The number of nitrogen functional groups attached to an aromatic ring is 1. The highest BCUT2D eigenvalue weighted by atomic mass is 79.9. The second-order valence-electron chi connectivity index (χ2n) is 4.00. The molecule has 0 radical (unpaired) electrons. The van der Waals surface area contributed by atoms with E-state index in [1.165, 1.54) is 0 Å². The minimum absolute atomic E-state index is 0.507. The van der Waals surface area contributed by atoms with Crippen LogP contribution in [0.15, 0.2) is 14.3 Å². The molecular formula is C11H10Br2N4OS. The van der Waals surface area contributed by atoms with E-state index in [4.69, 9.17) is 10.6 Å². The summed E-state index contributed by atoms with van der Waals surface area (Å²) in [6.07, 6.45) is 0.785. The van der Waals surface area contributed by atoms with Crippen LogP contribution in [0.5, 0.6) is 0 Å². The zero-order chi connectivity index (χ0) is 13.4. The molecule has 2 aromatic rings. The van der Waals surface area contributed by atoms with Crippen molar-refractivity contribution in [2.75, 3.05) is 12.0 Å². The summed E-state index contributed by atoms with van der Waals surface area (Å²) >= 11 is 8.53. The van der Waals surface area contributed by atoms with Crippen LogP contribution in [0, 0.1) is 0 Å². The number of nitrogens with zero attached hydrogens (tertiary/aromatic N) is 2. The molecule has 0 unspecified atom stereocenters. The molecule has 0 saturated heterocycles. The Labute approximate surface area is 130 Å². The van der Waals surface area contributed by atoms with Gasteiger partial charge in [0.1, 0.15) is 5.82 Å². The van der Waals surface area contributed by atoms with Crippen LogP contribution in [0.3, 0.4) is 0 Å². The number of aromatic nitrogens is 2. The molecule has 3 heterocycles. The van der Waals surface area contributed by atoms with Gasteiger partial charge in [0.25, 0.3) is 0 Å². The van der Waals surface area contributed by atoms with E-state index in [2.05, 4.69) is 47.3 Å². The van der Waals surface area contributed by atoms with Gasteiger partial charge >= 0.3 is 0 Å². The first kappa shape index (κ1) is 13.4. The van der Waals surface area contributed by atoms with Crippen molar-refractivity contribution in [3.8, 4) is 10.7 Å². The topological polar surface area (TPSA) is 73.1 Å². The lowest BCUT2D eigenvalue weighted by Gasteiger charge is -2.18. The number of thiophene rings is 1. The lowest BCUT2D eigenvalue weighted by molar-refractivity contribution is 0.109. The monoisotopic (exact) mass is 404 g/mol. The predicted octanol–water partition coefficient (Wildman–Crippen LogP) is 3.09. The van der Waals surface area contributed by atoms with Crippen LogP contribution in [-0.4, -0.2) is 16.6 Å². The summed E-state index contributed by atoms with van der Waals surface area (Å²) in [7, 11) is 0. The van der Waals surface area contributed by atoms with Gasteiger partial charge in [0, 0.05) is 16.5 Å². The summed E-state index contributed by atoms with van der Waals surface area (Å²) in [5, 5.41) is 0. The maximum absolute atomic E-state index is 5.55. The normalized spacial score (nSPS) is 14.3. The van der Waals surface area contributed by atoms with Crippen LogP contribution in [-0.2, 0) is 17.8 Å². The molecule has 0 saturated carbocycles. The number of nitrogens with two attached hydrogens (primary N) is 1. The van der Waals surface area contributed by atoms with Crippen molar-refractivity contribution in [2.24, 2.45) is 5.84 Å². The van der Waals surface area contributed by atoms with Crippen LogP contribution < -0.4 is 11.3 Å². The molecule has 0 aromatic carbocycles. The van der Waals surface area contributed by atoms with E-state index < -0.39 is 0 Å². The predicted molar refractivity (Wildman–Crippen MR) is 81.9 cm³/mol. The van der Waals surface area contributed by atoms with Crippen LogP contribution in [0.4, 0.5) is 5.82 Å². The van der Waals surface area contributed by atoms with Gasteiger partial charge in [-0.05, 0) is 37.9 Å². The number of hydrogen-bond acceptors (Lipinski definition) is 6. The van der Waals surface area contributed by atoms with Crippen LogP contribution in [0.25, 0.3) is 10.7 Å². The SMILES string of the molecule is NNc1nc(-c2cc(Br)c(Br)s2)nc2c1COCC2. The van der Waals surface area contributed by atoms with Crippen molar-refractivity contribution in [1.29, 1.82) is 0 Å². The van der Waals surface area contributed by atoms with E-state index >= 15 is 0 Å². The first-order chi connectivity index (χ1) is 9.19. The van der Waals surface area contributed by atoms with E-state index in [0.717, 1.165) is 30.8 Å². The van der Waals surface area contributed by atoms with Crippen molar-refractivity contribution in [1.82, 2.24) is 9.97 Å². The van der Waals surface area contributed by atoms with Crippen molar-refractivity contribution < 1.29 is 4.74 Å². The molecule has 1 aliphatic rings. The highest BCUT2D eigenvalue weighted by Gasteiger charge is 2.19. The number of halogens is 2. The van der Waals surface area contributed by atoms with Gasteiger partial charge < -0.3 is 10.2 Å². The summed E-state index contributed by atoms with van der Waals surface area (Å²) in [5.74, 6) is 6.87. The molecule has 0 aliphatic carbocycles. The standard InChI is InChI=1S/C11H10Br2N4OS/c12-6-3-8(19-9(6)13)11-15-7-1-2-18-4-5(7)10(16-11)17-14/h3H,1-2,4,14H2,(H,15,16,17). The van der Waals surface area contributed by atoms with E-state index in [-0.39, 0.29) is 0 Å². The number of hydrogen-bond donors (Lipinski definition) is 2. The third-order valence-corrected chi connectivity index (χ3v) is 6.08. The zero-order valence-electron chi connectivity index (χ0n) is 9.74. The van der Waals surface area contributed by atoms with Gasteiger partial charge in [-0.3, -0.25) is 0 Å². The Hall–Kier alpha value is -0.540. The quantitative estimate of drug-likeness (QED) is 0.593. The molecule has 100 valence electrons. The average molecular weight is 406 g/mol. The van der Waals surface area contributed by atoms with Crippen LogP contribution in [0.2, 0.25) is 0 Å². The minimum Gasteiger partial charge on any atom is -0.376 e. The molecular weight excluding hydrogens is 396 g/mol. The highest BCUT2D eigenvalue weighted by Crippen LogP contribution is 2.37. The fourth-order valence-electron chi connectivity index (χ4n) is 1.92. The molecule has 2 aromatic heterocycles. The van der Waals surface area contributed by atoms with Gasteiger partial charge in [-0.25, -0.2) is 15.8 Å². The smallest absolute Gasteiger partial charge is 0.172 e. The molecule has 8 heteroatoms. The van der Waals surface area contributed by atoms with Crippen molar-refractivity contribution in [3.05, 3.63) is 25.6 Å². The molecule has 0 bridgehead atoms. The maximum atomic E-state index is 5.55. The molecule has 0 spiro atoms. The number of anilines is 1. The molecule has 19 heavy (non-hydrogen) atoms. The van der Waals surface area contributed by atoms with E-state index in [1.54, 1.807) is 11.3 Å². The Morgan fingerprint density at radius 3 is 2.89 bits per heavy atom. The number of fused-ring (bicyclic) bond motifs is 1. The summed E-state index contributed by atoms with van der Waals surface area (Å²) < 4.78 is 7.44. The molecule has 5 nitrogen and oxygen atoms in total. The van der Waals surface area contributed by atoms with Gasteiger partial charge in [-0.2, -0.15) is 0 Å².